The molecule has 26 heavy (non-hydrogen) atoms. The third-order valence-corrected chi connectivity index (χ3v) is 5.78. The zero-order chi connectivity index (χ0) is 19.2. The minimum atomic E-state index is -3.62. The Morgan fingerprint density at radius 1 is 1.04 bits per heavy atom. The number of hydrogen-bond acceptors (Lipinski definition) is 3. The third-order valence-electron chi connectivity index (χ3n) is 3.93. The Kier molecular flexibility index (Phi) is 7.20. The Bertz CT molecular complexity index is 865. The highest BCUT2D eigenvalue weighted by molar-refractivity contribution is 7.89. The predicted octanol–water partition coefficient (Wildman–Crippen LogP) is 2.98. The molecule has 2 rings (SSSR count). The van der Waals surface area contributed by atoms with Crippen LogP contribution in [0.15, 0.2) is 47.4 Å². The molecule has 7 heteroatoms. The van der Waals surface area contributed by atoms with E-state index in [9.17, 15) is 13.2 Å². The fraction of sp³-hybridized carbons (Fsp3) is 0.316. The molecule has 1 amide bonds. The lowest BCUT2D eigenvalue weighted by atomic mass is 10.1. The molecule has 2 N–H and O–H groups in total. The first-order chi connectivity index (χ1) is 12.3. The van der Waals surface area contributed by atoms with Gasteiger partial charge in [-0.2, -0.15) is 0 Å². The average Bonchev–Trinajstić information content (AvgIpc) is 2.58. The molecule has 5 nitrogen and oxygen atoms in total. The van der Waals surface area contributed by atoms with Crippen LogP contribution in [-0.2, 0) is 21.2 Å². The summed E-state index contributed by atoms with van der Waals surface area (Å²) in [6.45, 7) is 4.14. The quantitative estimate of drug-likeness (QED) is 0.722. The van der Waals surface area contributed by atoms with Gasteiger partial charge in [-0.1, -0.05) is 35.9 Å². The highest BCUT2D eigenvalue weighted by Gasteiger charge is 2.16. The normalized spacial score (nSPS) is 11.3. The van der Waals surface area contributed by atoms with Gasteiger partial charge in [-0.25, -0.2) is 13.1 Å². The second-order valence-corrected chi connectivity index (χ2v) is 8.31. The molecule has 0 aliphatic carbocycles. The van der Waals surface area contributed by atoms with E-state index in [4.69, 9.17) is 11.6 Å². The minimum Gasteiger partial charge on any atom is -0.356 e. The van der Waals surface area contributed by atoms with E-state index < -0.39 is 10.0 Å². The summed E-state index contributed by atoms with van der Waals surface area (Å²) in [6, 6.07) is 12.7. The average molecular weight is 395 g/mol. The van der Waals surface area contributed by atoms with Gasteiger partial charge in [0.15, 0.2) is 0 Å². The van der Waals surface area contributed by atoms with Crippen molar-refractivity contribution < 1.29 is 13.2 Å². The number of nitrogens with one attached hydrogen (secondary N) is 2. The molecule has 0 atom stereocenters. The van der Waals surface area contributed by atoms with Crippen LogP contribution in [-0.4, -0.2) is 27.4 Å². The van der Waals surface area contributed by atoms with E-state index in [2.05, 4.69) is 10.0 Å². The van der Waals surface area contributed by atoms with Crippen molar-refractivity contribution in [2.45, 2.75) is 31.6 Å². The SMILES string of the molecule is Cc1ccc(C)c(S(=O)(=O)NCCC(=O)NCCc2ccc(Cl)cc2)c1. The molecule has 2 aromatic carbocycles. The molecule has 0 spiro atoms. The van der Waals surface area contributed by atoms with Crippen molar-refractivity contribution in [1.82, 2.24) is 10.0 Å². The molecule has 140 valence electrons. The van der Waals surface area contributed by atoms with Gasteiger partial charge in [-0.05, 0) is 55.2 Å². The summed E-state index contributed by atoms with van der Waals surface area (Å²) in [6.07, 6.45) is 0.780. The Hall–Kier alpha value is -1.89. The first-order valence-electron chi connectivity index (χ1n) is 8.36. The van der Waals surface area contributed by atoms with Gasteiger partial charge in [0, 0.05) is 24.5 Å². The molecule has 0 bridgehead atoms. The van der Waals surface area contributed by atoms with Crippen LogP contribution in [0, 0.1) is 13.8 Å². The largest absolute Gasteiger partial charge is 0.356 e. The van der Waals surface area contributed by atoms with Crippen molar-refractivity contribution in [1.29, 1.82) is 0 Å². The van der Waals surface area contributed by atoms with Crippen LogP contribution in [0.3, 0.4) is 0 Å². The summed E-state index contributed by atoms with van der Waals surface area (Å²) in [5.41, 5.74) is 2.62. The van der Waals surface area contributed by atoms with Gasteiger partial charge < -0.3 is 5.32 Å². The Morgan fingerprint density at radius 2 is 1.73 bits per heavy atom. The van der Waals surface area contributed by atoms with Gasteiger partial charge in [0.05, 0.1) is 4.90 Å². The van der Waals surface area contributed by atoms with Gasteiger partial charge >= 0.3 is 0 Å². The Balaban J connectivity index is 1.76. The number of carbonyl (C=O) groups excluding carboxylic acids is 1. The van der Waals surface area contributed by atoms with Crippen molar-refractivity contribution >= 4 is 27.5 Å². The number of amides is 1. The van der Waals surface area contributed by atoms with E-state index in [1.807, 2.05) is 25.1 Å². The van der Waals surface area contributed by atoms with Crippen molar-refractivity contribution in [2.24, 2.45) is 0 Å². The van der Waals surface area contributed by atoms with E-state index in [0.29, 0.717) is 23.6 Å². The molecule has 0 radical (unpaired) electrons. The van der Waals surface area contributed by atoms with Crippen molar-refractivity contribution in [3.8, 4) is 0 Å². The van der Waals surface area contributed by atoms with Crippen LogP contribution in [0.1, 0.15) is 23.1 Å². The Morgan fingerprint density at radius 3 is 2.42 bits per heavy atom. The molecule has 0 heterocycles. The molecule has 0 aliphatic heterocycles. The fourth-order valence-electron chi connectivity index (χ4n) is 2.46. The minimum absolute atomic E-state index is 0.0580. The number of rotatable bonds is 8. The lowest BCUT2D eigenvalue weighted by molar-refractivity contribution is -0.120. The first-order valence-corrected chi connectivity index (χ1v) is 10.2. The molecular weight excluding hydrogens is 372 g/mol. The summed E-state index contributed by atoms with van der Waals surface area (Å²) in [4.78, 5) is 12.1. The second kappa shape index (κ2) is 9.16. The number of benzene rings is 2. The van der Waals surface area contributed by atoms with E-state index in [1.54, 1.807) is 31.2 Å². The maximum absolute atomic E-state index is 12.4. The fourth-order valence-corrected chi connectivity index (χ4v) is 3.94. The van der Waals surface area contributed by atoms with Gasteiger partial charge in [0.25, 0.3) is 0 Å². The zero-order valence-electron chi connectivity index (χ0n) is 14.9. The van der Waals surface area contributed by atoms with Gasteiger partial charge in [0.1, 0.15) is 0 Å². The molecule has 0 saturated heterocycles. The summed E-state index contributed by atoms with van der Waals surface area (Å²) in [5, 5.41) is 3.46. The monoisotopic (exact) mass is 394 g/mol. The van der Waals surface area contributed by atoms with E-state index >= 15 is 0 Å². The maximum atomic E-state index is 12.4. The second-order valence-electron chi connectivity index (χ2n) is 6.14. The van der Waals surface area contributed by atoms with Gasteiger partial charge in [-0.3, -0.25) is 4.79 Å². The van der Waals surface area contributed by atoms with E-state index in [1.165, 1.54) is 0 Å². The standard InChI is InChI=1S/C19H23ClN2O3S/c1-14-3-4-15(2)18(13-14)26(24,25)22-12-10-19(23)21-11-9-16-5-7-17(20)8-6-16/h3-8,13,22H,9-12H2,1-2H3,(H,21,23). The van der Waals surface area contributed by atoms with E-state index in [-0.39, 0.29) is 23.8 Å². The molecule has 2 aromatic rings. The van der Waals surface area contributed by atoms with Crippen LogP contribution in [0.25, 0.3) is 0 Å². The summed E-state index contributed by atoms with van der Waals surface area (Å²) in [5.74, 6) is -0.192. The molecule has 0 aromatic heterocycles. The van der Waals surface area contributed by atoms with Crippen LogP contribution in [0.2, 0.25) is 5.02 Å². The van der Waals surface area contributed by atoms with Crippen LogP contribution in [0.4, 0.5) is 0 Å². The predicted molar refractivity (Wildman–Crippen MR) is 104 cm³/mol. The molecule has 0 unspecified atom stereocenters. The lowest BCUT2D eigenvalue weighted by Gasteiger charge is -2.10. The number of halogens is 1. The Labute approximate surface area is 159 Å². The highest BCUT2D eigenvalue weighted by Crippen LogP contribution is 2.16. The van der Waals surface area contributed by atoms with Crippen LogP contribution < -0.4 is 10.0 Å². The van der Waals surface area contributed by atoms with Gasteiger partial charge in [0.2, 0.25) is 15.9 Å². The topological polar surface area (TPSA) is 75.3 Å². The van der Waals surface area contributed by atoms with Crippen molar-refractivity contribution in [3.63, 3.8) is 0 Å². The summed E-state index contributed by atoms with van der Waals surface area (Å²) >= 11 is 5.83. The van der Waals surface area contributed by atoms with Crippen LogP contribution in [0.5, 0.6) is 0 Å². The highest BCUT2D eigenvalue weighted by atomic mass is 35.5. The smallest absolute Gasteiger partial charge is 0.240 e. The third kappa shape index (κ3) is 6.12. The van der Waals surface area contributed by atoms with E-state index in [0.717, 1.165) is 11.1 Å². The number of carbonyl (C=O) groups is 1. The number of sulfonamides is 1. The molecule has 0 saturated carbocycles. The maximum Gasteiger partial charge on any atom is 0.240 e. The molecular formula is C19H23ClN2O3S. The molecule has 0 fully saturated rings. The summed E-state index contributed by atoms with van der Waals surface area (Å²) in [7, 11) is -3.62. The van der Waals surface area contributed by atoms with Crippen molar-refractivity contribution in [3.05, 3.63) is 64.2 Å². The van der Waals surface area contributed by atoms with Crippen molar-refractivity contribution in [2.75, 3.05) is 13.1 Å². The number of aryl methyl sites for hydroxylation is 2. The molecule has 0 aliphatic rings. The van der Waals surface area contributed by atoms with Crippen LogP contribution >= 0.6 is 11.6 Å². The first kappa shape index (κ1) is 20.4. The number of hydrogen-bond donors (Lipinski definition) is 2. The summed E-state index contributed by atoms with van der Waals surface area (Å²) < 4.78 is 27.2. The van der Waals surface area contributed by atoms with Gasteiger partial charge in [-0.15, -0.1) is 0 Å². The lowest BCUT2D eigenvalue weighted by Crippen LogP contribution is -2.32. The zero-order valence-corrected chi connectivity index (χ0v) is 16.5.